The topological polar surface area (TPSA) is 50.5 Å². The van der Waals surface area contributed by atoms with Gasteiger partial charge in [-0.15, -0.1) is 0 Å². The molecule has 2 amide bonds. The van der Waals surface area contributed by atoms with Gasteiger partial charge in [0.1, 0.15) is 5.75 Å². The van der Waals surface area contributed by atoms with Crippen LogP contribution in [0, 0.1) is 0 Å². The van der Waals surface area contributed by atoms with Crippen LogP contribution in [-0.4, -0.2) is 24.3 Å². The molecular formula is C15H15ClN2O3. The highest BCUT2D eigenvalue weighted by Gasteiger charge is 2.21. The molecule has 1 heterocycles. The molecule has 0 atom stereocenters. The Balaban J connectivity index is 0.00000220. The van der Waals surface area contributed by atoms with Crippen molar-refractivity contribution in [1.82, 2.24) is 4.90 Å². The minimum absolute atomic E-state index is 0. The van der Waals surface area contributed by atoms with Gasteiger partial charge in [0.2, 0.25) is 13.1 Å². The molecule has 0 spiro atoms. The summed E-state index contributed by atoms with van der Waals surface area (Å²) in [4.78, 5) is 24.6. The lowest BCUT2D eigenvalue weighted by Gasteiger charge is -2.14. The monoisotopic (exact) mass is 306 g/mol. The first-order chi connectivity index (χ1) is 9.76. The Morgan fingerprint density at radius 2 is 1.86 bits per heavy atom. The fourth-order valence-corrected chi connectivity index (χ4v) is 1.83. The number of benzene rings is 1. The van der Waals surface area contributed by atoms with Gasteiger partial charge in [0.25, 0.3) is 5.91 Å². The van der Waals surface area contributed by atoms with E-state index in [4.69, 9.17) is 4.74 Å². The van der Waals surface area contributed by atoms with Crippen LogP contribution in [0.2, 0.25) is 0 Å². The molecule has 0 N–H and O–H groups in total. The number of carbonyl (C=O) groups is 2. The number of methoxy groups -OCH3 is 1. The molecule has 2 rings (SSSR count). The molecule has 0 bridgehead atoms. The van der Waals surface area contributed by atoms with Gasteiger partial charge in [-0.2, -0.15) is 4.57 Å². The number of para-hydroxylation sites is 1. The molecule has 110 valence electrons. The number of pyridine rings is 1. The number of hydrogen-bond acceptors (Lipinski definition) is 3. The molecule has 5 nitrogen and oxygen atoms in total. The van der Waals surface area contributed by atoms with Gasteiger partial charge in [-0.25, -0.2) is 4.90 Å². The van der Waals surface area contributed by atoms with Gasteiger partial charge in [-0.3, -0.25) is 9.59 Å². The molecule has 0 aliphatic heterocycles. The van der Waals surface area contributed by atoms with Crippen LogP contribution in [0.3, 0.4) is 0 Å². The van der Waals surface area contributed by atoms with Crippen LogP contribution in [0.5, 0.6) is 5.75 Å². The summed E-state index contributed by atoms with van der Waals surface area (Å²) in [5.74, 6) is 0.0521. The fraction of sp³-hybridized carbons (Fsp3) is 0.133. The highest BCUT2D eigenvalue weighted by molar-refractivity contribution is 6.01. The maximum absolute atomic E-state index is 12.4. The predicted molar refractivity (Wildman–Crippen MR) is 71.9 cm³/mol. The van der Waals surface area contributed by atoms with Gasteiger partial charge >= 0.3 is 0 Å². The molecule has 0 radical (unpaired) electrons. The Morgan fingerprint density at radius 1 is 1.19 bits per heavy atom. The molecule has 0 saturated carbocycles. The van der Waals surface area contributed by atoms with Crippen LogP contribution < -0.4 is 21.7 Å². The minimum atomic E-state index is -0.395. The lowest BCUT2D eigenvalue weighted by molar-refractivity contribution is -0.709. The highest BCUT2D eigenvalue weighted by Crippen LogP contribution is 2.18. The van der Waals surface area contributed by atoms with Crippen LogP contribution in [0.25, 0.3) is 0 Å². The van der Waals surface area contributed by atoms with Crippen LogP contribution in [0.4, 0.5) is 0 Å². The van der Waals surface area contributed by atoms with Gasteiger partial charge in [-0.1, -0.05) is 18.2 Å². The summed E-state index contributed by atoms with van der Waals surface area (Å²) in [6.45, 7) is 0.154. The van der Waals surface area contributed by atoms with Crippen LogP contribution in [-0.2, 0) is 11.5 Å². The third-order valence-electron chi connectivity index (χ3n) is 2.82. The second-order valence-corrected chi connectivity index (χ2v) is 4.11. The molecular weight excluding hydrogens is 292 g/mol. The molecule has 0 unspecified atom stereocenters. The highest BCUT2D eigenvalue weighted by atomic mass is 35.5. The van der Waals surface area contributed by atoms with E-state index in [-0.39, 0.29) is 19.1 Å². The summed E-state index contributed by atoms with van der Waals surface area (Å²) >= 11 is 0. The molecule has 1 aromatic carbocycles. The summed E-state index contributed by atoms with van der Waals surface area (Å²) in [6, 6.07) is 12.3. The smallest absolute Gasteiger partial charge is 0.268 e. The predicted octanol–water partition coefficient (Wildman–Crippen LogP) is -1.76. The lowest BCUT2D eigenvalue weighted by atomic mass is 10.2. The Hall–Kier alpha value is -2.40. The third-order valence-corrected chi connectivity index (χ3v) is 2.82. The first-order valence-electron chi connectivity index (χ1n) is 6.09. The van der Waals surface area contributed by atoms with E-state index in [1.807, 2.05) is 18.2 Å². The molecule has 0 aliphatic carbocycles. The Bertz CT molecular complexity index is 605. The van der Waals surface area contributed by atoms with Crippen molar-refractivity contribution in [2.45, 2.75) is 6.67 Å². The standard InChI is InChI=1S/C15H15N2O3.ClH/c1-20-14-8-4-3-7-13(14)15(19)17(12-18)11-16-9-5-2-6-10-16;/h2-10,12H,11H2,1H3;1H/q+1;/p-1. The molecule has 0 fully saturated rings. The van der Waals surface area contributed by atoms with E-state index >= 15 is 0 Å². The Kier molecular flexibility index (Phi) is 6.36. The molecule has 21 heavy (non-hydrogen) atoms. The second-order valence-electron chi connectivity index (χ2n) is 4.11. The summed E-state index contributed by atoms with van der Waals surface area (Å²) in [5.41, 5.74) is 0.360. The Morgan fingerprint density at radius 3 is 2.48 bits per heavy atom. The van der Waals surface area contributed by atoms with E-state index in [2.05, 4.69) is 0 Å². The summed E-state index contributed by atoms with van der Waals surface area (Å²) in [5, 5.41) is 0. The van der Waals surface area contributed by atoms with Gasteiger partial charge in [0.15, 0.2) is 12.4 Å². The number of amides is 2. The third kappa shape index (κ3) is 4.03. The Labute approximate surface area is 129 Å². The molecule has 2 aromatic rings. The number of halogens is 1. The largest absolute Gasteiger partial charge is 1.00 e. The number of ether oxygens (including phenoxy) is 1. The molecule has 0 saturated heterocycles. The van der Waals surface area contributed by atoms with E-state index in [0.717, 1.165) is 4.90 Å². The first kappa shape index (κ1) is 16.7. The quantitative estimate of drug-likeness (QED) is 0.486. The van der Waals surface area contributed by atoms with Crippen molar-refractivity contribution in [3.8, 4) is 5.75 Å². The number of imide groups is 1. The normalized spacial score (nSPS) is 9.38. The van der Waals surface area contributed by atoms with Crippen LogP contribution >= 0.6 is 0 Å². The van der Waals surface area contributed by atoms with Gasteiger partial charge in [0.05, 0.1) is 12.7 Å². The van der Waals surface area contributed by atoms with E-state index in [1.165, 1.54) is 7.11 Å². The first-order valence-corrected chi connectivity index (χ1v) is 6.09. The van der Waals surface area contributed by atoms with Crippen molar-refractivity contribution in [2.75, 3.05) is 7.11 Å². The average Bonchev–Trinajstić information content (AvgIpc) is 2.53. The number of rotatable bonds is 5. The number of carbonyl (C=O) groups excluding carboxylic acids is 2. The number of hydrogen-bond donors (Lipinski definition) is 0. The fourth-order valence-electron chi connectivity index (χ4n) is 1.83. The summed E-state index contributed by atoms with van der Waals surface area (Å²) < 4.78 is 6.88. The van der Waals surface area contributed by atoms with Crippen molar-refractivity contribution in [2.24, 2.45) is 0 Å². The maximum Gasteiger partial charge on any atom is 0.268 e. The molecule has 6 heteroatoms. The zero-order valence-corrected chi connectivity index (χ0v) is 12.2. The average molecular weight is 307 g/mol. The molecule has 1 aromatic heterocycles. The van der Waals surface area contributed by atoms with E-state index in [1.54, 1.807) is 41.2 Å². The van der Waals surface area contributed by atoms with Crippen LogP contribution in [0.15, 0.2) is 54.9 Å². The van der Waals surface area contributed by atoms with Crippen LogP contribution in [0.1, 0.15) is 10.4 Å². The zero-order valence-electron chi connectivity index (χ0n) is 11.5. The summed E-state index contributed by atoms with van der Waals surface area (Å²) in [7, 11) is 1.49. The minimum Gasteiger partial charge on any atom is -1.00 e. The van der Waals surface area contributed by atoms with Crippen molar-refractivity contribution in [3.05, 3.63) is 60.4 Å². The van der Waals surface area contributed by atoms with E-state index < -0.39 is 5.91 Å². The van der Waals surface area contributed by atoms with Crippen molar-refractivity contribution in [1.29, 1.82) is 0 Å². The summed E-state index contributed by atoms with van der Waals surface area (Å²) in [6.07, 6.45) is 4.09. The van der Waals surface area contributed by atoms with Crippen molar-refractivity contribution >= 4 is 12.3 Å². The number of aromatic nitrogens is 1. The van der Waals surface area contributed by atoms with Gasteiger partial charge < -0.3 is 17.1 Å². The van der Waals surface area contributed by atoms with Crippen molar-refractivity contribution < 1.29 is 31.3 Å². The zero-order chi connectivity index (χ0) is 14.4. The second kappa shape index (κ2) is 8.01. The van der Waals surface area contributed by atoms with Gasteiger partial charge in [-0.05, 0) is 12.1 Å². The lowest BCUT2D eigenvalue weighted by Crippen LogP contribution is -3.00. The van der Waals surface area contributed by atoms with Gasteiger partial charge in [0, 0.05) is 12.1 Å². The van der Waals surface area contributed by atoms with E-state index in [9.17, 15) is 9.59 Å². The number of nitrogens with zero attached hydrogens (tertiary/aromatic N) is 2. The van der Waals surface area contributed by atoms with Crippen molar-refractivity contribution in [3.63, 3.8) is 0 Å². The SMILES string of the molecule is COc1ccccc1C(=O)N(C=O)C[n+]1ccccc1.[Cl-]. The molecule has 0 aliphatic rings. The van der Waals surface area contributed by atoms with E-state index in [0.29, 0.717) is 17.7 Å². The maximum atomic E-state index is 12.4.